The van der Waals surface area contributed by atoms with Crippen molar-refractivity contribution in [3.63, 3.8) is 0 Å². The molecule has 0 aliphatic heterocycles. The molecule has 0 heterocycles. The van der Waals surface area contributed by atoms with Crippen molar-refractivity contribution in [2.75, 3.05) is 6.54 Å². The highest BCUT2D eigenvalue weighted by atomic mass is 79.9. The Morgan fingerprint density at radius 1 is 1.44 bits per heavy atom. The predicted molar refractivity (Wildman–Crippen MR) is 70.5 cm³/mol. The van der Waals surface area contributed by atoms with Gasteiger partial charge in [0.05, 0.1) is 0 Å². The summed E-state index contributed by atoms with van der Waals surface area (Å²) in [7, 11) is 0. The molecule has 3 heteroatoms. The highest BCUT2D eigenvalue weighted by Crippen LogP contribution is 2.17. The zero-order chi connectivity index (χ0) is 12.0. The number of amides is 1. The summed E-state index contributed by atoms with van der Waals surface area (Å²) in [6.07, 6.45) is 2.36. The smallest absolute Gasteiger partial charge is 0.220 e. The van der Waals surface area contributed by atoms with Crippen molar-refractivity contribution >= 4 is 21.8 Å². The van der Waals surface area contributed by atoms with Crippen LogP contribution in [0.3, 0.4) is 0 Å². The Kier molecular flexibility index (Phi) is 5.53. The summed E-state index contributed by atoms with van der Waals surface area (Å²) in [6, 6.07) is 6.18. The lowest BCUT2D eigenvalue weighted by atomic mass is 10.0. The van der Waals surface area contributed by atoms with E-state index in [1.54, 1.807) is 0 Å². The first-order valence-corrected chi connectivity index (χ1v) is 6.44. The normalized spacial score (nSPS) is 10.2. The molecule has 0 fully saturated rings. The SMILES string of the molecule is CCCNC(=O)CCc1cc(Br)ccc1C. The minimum atomic E-state index is 0.140. The summed E-state index contributed by atoms with van der Waals surface area (Å²) in [4.78, 5) is 11.4. The van der Waals surface area contributed by atoms with Gasteiger partial charge in [-0.15, -0.1) is 0 Å². The lowest BCUT2D eigenvalue weighted by Gasteiger charge is -2.07. The molecule has 1 aromatic rings. The first kappa shape index (κ1) is 13.2. The van der Waals surface area contributed by atoms with Gasteiger partial charge in [-0.05, 0) is 43.0 Å². The third kappa shape index (κ3) is 4.35. The first-order chi connectivity index (χ1) is 7.63. The number of carbonyl (C=O) groups is 1. The minimum absolute atomic E-state index is 0.140. The second kappa shape index (κ2) is 6.69. The first-order valence-electron chi connectivity index (χ1n) is 5.65. The molecular weight excluding hydrogens is 266 g/mol. The van der Waals surface area contributed by atoms with Crippen LogP contribution in [0, 0.1) is 6.92 Å². The maximum Gasteiger partial charge on any atom is 0.220 e. The summed E-state index contributed by atoms with van der Waals surface area (Å²) in [5, 5.41) is 2.89. The molecule has 2 nitrogen and oxygen atoms in total. The number of hydrogen-bond donors (Lipinski definition) is 1. The van der Waals surface area contributed by atoms with Crippen molar-refractivity contribution in [3.8, 4) is 0 Å². The number of rotatable bonds is 5. The largest absolute Gasteiger partial charge is 0.356 e. The Hall–Kier alpha value is -0.830. The second-order valence-electron chi connectivity index (χ2n) is 3.92. The Morgan fingerprint density at radius 2 is 2.19 bits per heavy atom. The number of hydrogen-bond acceptors (Lipinski definition) is 1. The quantitative estimate of drug-likeness (QED) is 0.883. The van der Waals surface area contributed by atoms with Crippen LogP contribution >= 0.6 is 15.9 Å². The topological polar surface area (TPSA) is 29.1 Å². The van der Waals surface area contributed by atoms with Gasteiger partial charge in [0, 0.05) is 17.4 Å². The van der Waals surface area contributed by atoms with E-state index in [4.69, 9.17) is 0 Å². The number of carbonyl (C=O) groups excluding carboxylic acids is 1. The minimum Gasteiger partial charge on any atom is -0.356 e. The van der Waals surface area contributed by atoms with Gasteiger partial charge in [-0.2, -0.15) is 0 Å². The van der Waals surface area contributed by atoms with Crippen LogP contribution in [0.1, 0.15) is 30.9 Å². The summed E-state index contributed by atoms with van der Waals surface area (Å²) < 4.78 is 1.07. The monoisotopic (exact) mass is 283 g/mol. The van der Waals surface area contributed by atoms with Crippen LogP contribution in [0.25, 0.3) is 0 Å². The molecule has 0 aliphatic rings. The van der Waals surface area contributed by atoms with Crippen LogP contribution in [0.2, 0.25) is 0 Å². The summed E-state index contributed by atoms with van der Waals surface area (Å²) in [5.74, 6) is 0.140. The van der Waals surface area contributed by atoms with Crippen LogP contribution in [0.15, 0.2) is 22.7 Å². The van der Waals surface area contributed by atoms with Gasteiger partial charge >= 0.3 is 0 Å². The van der Waals surface area contributed by atoms with Crippen molar-refractivity contribution in [3.05, 3.63) is 33.8 Å². The lowest BCUT2D eigenvalue weighted by Crippen LogP contribution is -2.24. The number of benzene rings is 1. The fourth-order valence-corrected chi connectivity index (χ4v) is 1.92. The lowest BCUT2D eigenvalue weighted by molar-refractivity contribution is -0.121. The van der Waals surface area contributed by atoms with Crippen molar-refractivity contribution in [2.24, 2.45) is 0 Å². The second-order valence-corrected chi connectivity index (χ2v) is 4.84. The molecule has 1 aromatic carbocycles. The molecule has 0 saturated carbocycles. The molecule has 0 atom stereocenters. The summed E-state index contributed by atoms with van der Waals surface area (Å²) >= 11 is 3.44. The number of nitrogens with one attached hydrogen (secondary N) is 1. The van der Waals surface area contributed by atoms with Crippen molar-refractivity contribution in [2.45, 2.75) is 33.1 Å². The van der Waals surface area contributed by atoms with Crippen LogP contribution in [0.4, 0.5) is 0 Å². The third-order valence-corrected chi connectivity index (χ3v) is 3.00. The molecule has 1 rings (SSSR count). The highest BCUT2D eigenvalue weighted by Gasteiger charge is 2.04. The maximum absolute atomic E-state index is 11.4. The Bertz CT molecular complexity index is 363. The van der Waals surface area contributed by atoms with E-state index >= 15 is 0 Å². The van der Waals surface area contributed by atoms with E-state index in [9.17, 15) is 4.79 Å². The van der Waals surface area contributed by atoms with Gasteiger partial charge < -0.3 is 5.32 Å². The molecule has 88 valence electrons. The Labute approximate surface area is 106 Å². The standard InChI is InChI=1S/C13H18BrNO/c1-3-8-15-13(16)7-5-11-9-12(14)6-4-10(11)2/h4,6,9H,3,5,7-8H2,1-2H3,(H,15,16). The Balaban J connectivity index is 2.47. The summed E-state index contributed by atoms with van der Waals surface area (Å²) in [6.45, 7) is 4.90. The van der Waals surface area contributed by atoms with Crippen molar-refractivity contribution in [1.29, 1.82) is 0 Å². The number of halogens is 1. The van der Waals surface area contributed by atoms with Gasteiger partial charge in [0.2, 0.25) is 5.91 Å². The van der Waals surface area contributed by atoms with Crippen molar-refractivity contribution < 1.29 is 4.79 Å². The zero-order valence-corrected chi connectivity index (χ0v) is 11.4. The van der Waals surface area contributed by atoms with E-state index in [2.05, 4.69) is 47.2 Å². The molecule has 1 N–H and O–H groups in total. The van der Waals surface area contributed by atoms with E-state index in [0.29, 0.717) is 6.42 Å². The maximum atomic E-state index is 11.4. The Morgan fingerprint density at radius 3 is 2.88 bits per heavy atom. The average molecular weight is 284 g/mol. The molecule has 0 saturated heterocycles. The molecule has 0 aromatic heterocycles. The molecule has 16 heavy (non-hydrogen) atoms. The molecule has 0 spiro atoms. The van der Waals surface area contributed by atoms with Gasteiger partial charge in [0.25, 0.3) is 0 Å². The van der Waals surface area contributed by atoms with Crippen molar-refractivity contribution in [1.82, 2.24) is 5.32 Å². The van der Waals surface area contributed by atoms with Gasteiger partial charge in [0.15, 0.2) is 0 Å². The van der Waals surface area contributed by atoms with E-state index in [-0.39, 0.29) is 5.91 Å². The fourth-order valence-electron chi connectivity index (χ4n) is 1.51. The van der Waals surface area contributed by atoms with Crippen LogP contribution < -0.4 is 5.32 Å². The van der Waals surface area contributed by atoms with Gasteiger partial charge in [-0.25, -0.2) is 0 Å². The fraction of sp³-hybridized carbons (Fsp3) is 0.462. The van der Waals surface area contributed by atoms with Crippen LogP contribution in [-0.4, -0.2) is 12.5 Å². The highest BCUT2D eigenvalue weighted by molar-refractivity contribution is 9.10. The summed E-state index contributed by atoms with van der Waals surface area (Å²) in [5.41, 5.74) is 2.48. The van der Waals surface area contributed by atoms with Gasteiger partial charge in [0.1, 0.15) is 0 Å². The number of aryl methyl sites for hydroxylation is 2. The van der Waals surface area contributed by atoms with Crippen LogP contribution in [0.5, 0.6) is 0 Å². The molecule has 0 radical (unpaired) electrons. The molecule has 0 unspecified atom stereocenters. The molecule has 0 bridgehead atoms. The van der Waals surface area contributed by atoms with E-state index < -0.39 is 0 Å². The van der Waals surface area contributed by atoms with E-state index in [0.717, 1.165) is 23.9 Å². The average Bonchev–Trinajstić information content (AvgIpc) is 2.27. The van der Waals surface area contributed by atoms with Crippen LogP contribution in [-0.2, 0) is 11.2 Å². The molecule has 1 amide bonds. The molecule has 0 aliphatic carbocycles. The van der Waals surface area contributed by atoms with E-state index in [1.165, 1.54) is 11.1 Å². The predicted octanol–water partition coefficient (Wildman–Crippen LogP) is 3.22. The van der Waals surface area contributed by atoms with E-state index in [1.807, 2.05) is 6.07 Å². The van der Waals surface area contributed by atoms with Gasteiger partial charge in [-0.3, -0.25) is 4.79 Å². The van der Waals surface area contributed by atoms with Gasteiger partial charge in [-0.1, -0.05) is 28.9 Å². The molecular formula is C13H18BrNO. The zero-order valence-electron chi connectivity index (χ0n) is 9.85. The third-order valence-electron chi connectivity index (χ3n) is 2.50.